The normalized spacial score (nSPS) is 32.1. The number of methoxy groups -OCH3 is 1. The van der Waals surface area contributed by atoms with Gasteiger partial charge in [-0.25, -0.2) is 0 Å². The lowest BCUT2D eigenvalue weighted by molar-refractivity contribution is -0.314. The highest BCUT2D eigenvalue weighted by Gasteiger charge is 2.51. The Hall–Kier alpha value is -1.80. The third kappa shape index (κ3) is 3.90. The molecule has 7 heteroatoms. The second-order valence-corrected chi connectivity index (χ2v) is 5.97. The molecule has 2 aliphatic heterocycles. The Bertz CT molecular complexity index is 603. The maximum absolute atomic E-state index is 12.8. The van der Waals surface area contributed by atoms with Crippen molar-refractivity contribution in [1.82, 2.24) is 0 Å². The predicted molar refractivity (Wildman–Crippen MR) is 85.5 cm³/mol. The van der Waals surface area contributed by atoms with Gasteiger partial charge < -0.3 is 23.7 Å². The number of Topliss-reactive ketones (excluding diaryl/α,β-unsaturated/α-hetero) is 1. The third-order valence-electron chi connectivity index (χ3n) is 4.15. The second-order valence-electron chi connectivity index (χ2n) is 5.97. The van der Waals surface area contributed by atoms with Gasteiger partial charge in [0.15, 0.2) is 12.4 Å². The van der Waals surface area contributed by atoms with E-state index in [1.54, 1.807) is 0 Å². The highest BCUT2D eigenvalue weighted by molar-refractivity contribution is 5.91. The summed E-state index contributed by atoms with van der Waals surface area (Å²) in [6.07, 6.45) is -3.38. The van der Waals surface area contributed by atoms with Crippen LogP contribution in [0, 0.1) is 0 Å². The van der Waals surface area contributed by atoms with Gasteiger partial charge in [0.2, 0.25) is 18.2 Å². The van der Waals surface area contributed by atoms with E-state index in [-0.39, 0.29) is 18.8 Å². The van der Waals surface area contributed by atoms with Crippen molar-refractivity contribution in [2.45, 2.75) is 50.7 Å². The largest absolute Gasteiger partial charge is 0.449 e. The SMILES string of the molecule is CCCC(=O)O[C@@H]1C(=O)[C@@H]2O[C@H](c3ccccc3)OC[C@H]2O[C@@H]1OC. The summed E-state index contributed by atoms with van der Waals surface area (Å²) in [7, 11) is 1.40. The van der Waals surface area contributed by atoms with Crippen molar-refractivity contribution in [2.24, 2.45) is 0 Å². The zero-order chi connectivity index (χ0) is 17.8. The molecule has 0 amide bonds. The van der Waals surface area contributed by atoms with E-state index in [1.165, 1.54) is 7.11 Å². The maximum Gasteiger partial charge on any atom is 0.306 e. The van der Waals surface area contributed by atoms with Gasteiger partial charge in [0.05, 0.1) is 6.61 Å². The van der Waals surface area contributed by atoms with Gasteiger partial charge in [0.1, 0.15) is 6.10 Å². The van der Waals surface area contributed by atoms with E-state index >= 15 is 0 Å². The number of ether oxygens (including phenoxy) is 5. The standard InChI is InChI=1S/C18H22O7/c1-3-7-13(19)24-16-14(20)15-12(23-18(16)21-2)10-22-17(25-15)11-8-5-4-6-9-11/h4-6,8-9,12,15-18H,3,7,10H2,1-2H3/t12-,15-,16-,17-,18+/m1/s1. The number of carbonyl (C=O) groups excluding carboxylic acids is 2. The Kier molecular flexibility index (Phi) is 5.80. The lowest BCUT2D eigenvalue weighted by atomic mass is 9.99. The van der Waals surface area contributed by atoms with E-state index in [0.29, 0.717) is 6.42 Å². The average Bonchev–Trinajstić information content (AvgIpc) is 2.64. The summed E-state index contributed by atoms with van der Waals surface area (Å²) in [6.45, 7) is 2.04. The Balaban J connectivity index is 1.74. The van der Waals surface area contributed by atoms with Gasteiger partial charge in [-0.15, -0.1) is 0 Å². The minimum absolute atomic E-state index is 0.186. The number of ketones is 1. The molecule has 1 aromatic carbocycles. The fourth-order valence-electron chi connectivity index (χ4n) is 2.91. The van der Waals surface area contributed by atoms with Crippen molar-refractivity contribution in [3.8, 4) is 0 Å². The summed E-state index contributed by atoms with van der Waals surface area (Å²) in [5, 5.41) is 0. The van der Waals surface area contributed by atoms with E-state index in [1.807, 2.05) is 37.3 Å². The molecule has 25 heavy (non-hydrogen) atoms. The highest BCUT2D eigenvalue weighted by Crippen LogP contribution is 2.33. The van der Waals surface area contributed by atoms with Crippen molar-refractivity contribution >= 4 is 11.8 Å². The number of esters is 1. The molecule has 2 fully saturated rings. The lowest BCUT2D eigenvalue weighted by Crippen LogP contribution is -2.60. The molecule has 5 atom stereocenters. The predicted octanol–water partition coefficient (Wildman–Crippen LogP) is 1.75. The Morgan fingerprint density at radius 2 is 2.00 bits per heavy atom. The molecule has 0 aliphatic carbocycles. The quantitative estimate of drug-likeness (QED) is 0.749. The number of rotatable bonds is 5. The van der Waals surface area contributed by atoms with Gasteiger partial charge in [-0.2, -0.15) is 0 Å². The Morgan fingerprint density at radius 3 is 2.68 bits per heavy atom. The summed E-state index contributed by atoms with van der Waals surface area (Å²) in [4.78, 5) is 24.6. The van der Waals surface area contributed by atoms with Gasteiger partial charge in [0, 0.05) is 19.1 Å². The third-order valence-corrected chi connectivity index (χ3v) is 4.15. The molecule has 0 spiro atoms. The van der Waals surface area contributed by atoms with Crippen molar-refractivity contribution in [1.29, 1.82) is 0 Å². The van der Waals surface area contributed by atoms with Crippen LogP contribution in [0.3, 0.4) is 0 Å². The van der Waals surface area contributed by atoms with Gasteiger partial charge in [0.25, 0.3) is 0 Å². The molecule has 0 unspecified atom stereocenters. The molecule has 3 rings (SSSR count). The first kappa shape index (κ1) is 18.0. The van der Waals surface area contributed by atoms with E-state index < -0.39 is 36.9 Å². The zero-order valence-corrected chi connectivity index (χ0v) is 14.3. The van der Waals surface area contributed by atoms with Gasteiger partial charge in [-0.1, -0.05) is 37.3 Å². The molecule has 2 saturated heterocycles. The van der Waals surface area contributed by atoms with E-state index in [4.69, 9.17) is 23.7 Å². The summed E-state index contributed by atoms with van der Waals surface area (Å²) in [6, 6.07) is 9.33. The zero-order valence-electron chi connectivity index (χ0n) is 14.3. The highest BCUT2D eigenvalue weighted by atomic mass is 16.8. The van der Waals surface area contributed by atoms with Crippen LogP contribution >= 0.6 is 0 Å². The molecule has 2 heterocycles. The summed E-state index contributed by atoms with van der Waals surface area (Å²) >= 11 is 0. The fourth-order valence-corrected chi connectivity index (χ4v) is 2.91. The molecule has 7 nitrogen and oxygen atoms in total. The molecule has 2 aliphatic rings. The molecule has 136 valence electrons. The number of carbonyl (C=O) groups is 2. The molecule has 0 radical (unpaired) electrons. The van der Waals surface area contributed by atoms with Gasteiger partial charge in [-0.05, 0) is 6.42 Å². The number of benzene rings is 1. The maximum atomic E-state index is 12.8. The Morgan fingerprint density at radius 1 is 1.24 bits per heavy atom. The number of fused-ring (bicyclic) bond motifs is 1. The summed E-state index contributed by atoms with van der Waals surface area (Å²) in [5.74, 6) is -0.826. The number of hydrogen-bond donors (Lipinski definition) is 0. The molecule has 0 saturated carbocycles. The molecule has 0 N–H and O–H groups in total. The van der Waals surface area contributed by atoms with Crippen LogP contribution in [0.5, 0.6) is 0 Å². The molecular formula is C18H22O7. The minimum Gasteiger partial charge on any atom is -0.449 e. The summed E-state index contributed by atoms with van der Waals surface area (Å²) in [5.41, 5.74) is 0.808. The van der Waals surface area contributed by atoms with Gasteiger partial charge >= 0.3 is 5.97 Å². The first-order valence-corrected chi connectivity index (χ1v) is 8.37. The van der Waals surface area contributed by atoms with E-state index in [0.717, 1.165) is 5.56 Å². The van der Waals surface area contributed by atoms with Crippen molar-refractivity contribution in [3.63, 3.8) is 0 Å². The van der Waals surface area contributed by atoms with Crippen LogP contribution in [0.2, 0.25) is 0 Å². The van der Waals surface area contributed by atoms with Crippen LogP contribution in [0.25, 0.3) is 0 Å². The molecule has 1 aromatic rings. The smallest absolute Gasteiger partial charge is 0.306 e. The monoisotopic (exact) mass is 350 g/mol. The molecular weight excluding hydrogens is 328 g/mol. The summed E-state index contributed by atoms with van der Waals surface area (Å²) < 4.78 is 27.7. The fraction of sp³-hybridized carbons (Fsp3) is 0.556. The van der Waals surface area contributed by atoms with Crippen LogP contribution in [0.15, 0.2) is 30.3 Å². The lowest BCUT2D eigenvalue weighted by Gasteiger charge is -2.43. The first-order valence-electron chi connectivity index (χ1n) is 8.37. The molecule has 0 bridgehead atoms. The van der Waals surface area contributed by atoms with E-state index in [2.05, 4.69) is 0 Å². The second kappa shape index (κ2) is 8.05. The van der Waals surface area contributed by atoms with Crippen molar-refractivity contribution in [3.05, 3.63) is 35.9 Å². The van der Waals surface area contributed by atoms with Crippen LogP contribution in [-0.2, 0) is 33.3 Å². The molecule has 0 aromatic heterocycles. The van der Waals surface area contributed by atoms with Crippen LogP contribution < -0.4 is 0 Å². The minimum atomic E-state index is -1.14. The topological polar surface area (TPSA) is 80.3 Å². The van der Waals surface area contributed by atoms with Crippen molar-refractivity contribution in [2.75, 3.05) is 13.7 Å². The Labute approximate surface area is 146 Å². The first-order chi connectivity index (χ1) is 12.1. The average molecular weight is 350 g/mol. The van der Waals surface area contributed by atoms with Crippen molar-refractivity contribution < 1.29 is 33.3 Å². The van der Waals surface area contributed by atoms with Crippen LogP contribution in [0.4, 0.5) is 0 Å². The van der Waals surface area contributed by atoms with Crippen LogP contribution in [-0.4, -0.2) is 50.1 Å². The van der Waals surface area contributed by atoms with Gasteiger partial charge in [-0.3, -0.25) is 9.59 Å². The number of hydrogen-bond acceptors (Lipinski definition) is 7. The van der Waals surface area contributed by atoms with Crippen LogP contribution in [0.1, 0.15) is 31.6 Å². The van der Waals surface area contributed by atoms with E-state index in [9.17, 15) is 9.59 Å².